The van der Waals surface area contributed by atoms with E-state index in [4.69, 9.17) is 4.74 Å². The molecule has 0 unspecified atom stereocenters. The van der Waals surface area contributed by atoms with Crippen LogP contribution in [0.25, 0.3) is 0 Å². The van der Waals surface area contributed by atoms with Gasteiger partial charge in [0.2, 0.25) is 0 Å². The van der Waals surface area contributed by atoms with E-state index in [2.05, 4.69) is 15.6 Å². The van der Waals surface area contributed by atoms with Crippen molar-refractivity contribution in [3.05, 3.63) is 53.5 Å². The zero-order valence-corrected chi connectivity index (χ0v) is 19.2. The predicted molar refractivity (Wildman–Crippen MR) is 123 cm³/mol. The molecule has 0 bridgehead atoms. The summed E-state index contributed by atoms with van der Waals surface area (Å²) in [4.78, 5) is 18.8. The molecule has 6 nitrogen and oxygen atoms in total. The summed E-state index contributed by atoms with van der Waals surface area (Å²) in [5.41, 5.74) is 2.14. The number of hydrogen-bond donors (Lipinski definition) is 2. The Bertz CT molecular complexity index is 1020. The Morgan fingerprint density at radius 2 is 1.91 bits per heavy atom. The van der Waals surface area contributed by atoms with Gasteiger partial charge in [-0.05, 0) is 39.5 Å². The molecular weight excluding hydrogens is 433 g/mol. The van der Waals surface area contributed by atoms with Gasteiger partial charge >= 0.3 is 0 Å². The Labute approximate surface area is 191 Å². The van der Waals surface area contributed by atoms with Crippen LogP contribution in [0.15, 0.2) is 36.0 Å². The molecule has 0 spiro atoms. The minimum atomic E-state index is -1.50. The lowest BCUT2D eigenvalue weighted by atomic mass is 9.82. The van der Waals surface area contributed by atoms with Crippen molar-refractivity contribution < 1.29 is 22.7 Å². The number of nitrogens with zero attached hydrogens (tertiary/aromatic N) is 2. The van der Waals surface area contributed by atoms with Gasteiger partial charge in [-0.2, -0.15) is 0 Å². The van der Waals surface area contributed by atoms with Crippen molar-refractivity contribution in [2.45, 2.75) is 39.7 Å². The number of aromatic nitrogens is 1. The molecule has 2 aromatic rings. The van der Waals surface area contributed by atoms with Crippen molar-refractivity contribution in [3.63, 3.8) is 0 Å². The van der Waals surface area contributed by atoms with Crippen molar-refractivity contribution >= 4 is 23.1 Å². The van der Waals surface area contributed by atoms with Gasteiger partial charge in [-0.3, -0.25) is 4.79 Å². The summed E-state index contributed by atoms with van der Waals surface area (Å²) in [5.74, 6) is -3.14. The highest BCUT2D eigenvalue weighted by Gasteiger charge is 2.31. The molecule has 1 aromatic heterocycles. The van der Waals surface area contributed by atoms with Gasteiger partial charge in [0, 0.05) is 43.9 Å². The van der Waals surface area contributed by atoms with E-state index >= 15 is 0 Å². The highest BCUT2D eigenvalue weighted by Crippen LogP contribution is 2.33. The van der Waals surface area contributed by atoms with Crippen LogP contribution in [0.4, 0.5) is 30.4 Å². The Morgan fingerprint density at radius 1 is 1.24 bits per heavy atom. The molecule has 3 rings (SSSR count). The fourth-order valence-corrected chi connectivity index (χ4v) is 3.70. The zero-order chi connectivity index (χ0) is 24.1. The van der Waals surface area contributed by atoms with Crippen LogP contribution in [0.1, 0.15) is 33.6 Å². The highest BCUT2D eigenvalue weighted by molar-refractivity contribution is 6.06. The van der Waals surface area contributed by atoms with Gasteiger partial charge in [0.15, 0.2) is 17.5 Å². The van der Waals surface area contributed by atoms with E-state index in [1.807, 2.05) is 19.9 Å². The molecule has 1 aromatic carbocycles. The van der Waals surface area contributed by atoms with Crippen LogP contribution in [0, 0.1) is 23.4 Å². The van der Waals surface area contributed by atoms with Gasteiger partial charge in [-0.15, -0.1) is 0 Å². The van der Waals surface area contributed by atoms with E-state index in [0.29, 0.717) is 48.9 Å². The van der Waals surface area contributed by atoms with E-state index < -0.39 is 17.5 Å². The number of anilines is 3. The van der Waals surface area contributed by atoms with Crippen LogP contribution in [0.2, 0.25) is 0 Å². The number of likely N-dealkylation sites (N-methyl/N-ethyl adjacent to an activating group) is 1. The number of pyridine rings is 1. The molecule has 1 aliphatic carbocycles. The van der Waals surface area contributed by atoms with Crippen LogP contribution < -0.4 is 20.3 Å². The average molecular weight is 463 g/mol. The van der Waals surface area contributed by atoms with Crippen LogP contribution in [-0.4, -0.2) is 37.1 Å². The summed E-state index contributed by atoms with van der Waals surface area (Å²) in [5, 5.41) is 6.41. The molecule has 178 valence electrons. The maximum Gasteiger partial charge on any atom is 0.253 e. The third-order valence-corrected chi connectivity index (χ3v) is 5.80. The molecule has 0 radical (unpaired) electrons. The molecular formula is C24H29F3N4O2. The normalized spacial score (nSPS) is 17.8. The summed E-state index contributed by atoms with van der Waals surface area (Å²) < 4.78 is 45.2. The predicted octanol–water partition coefficient (Wildman–Crippen LogP) is 5.13. The number of carbonyl (C=O) groups is 1. The standard InChI is InChI=1S/C24H29F3N4O2/c1-5-14(3)24(32)31(6-2)21-13-30-22(11-20(21)28-4)29-12-15-7-16(8-15)33-17-9-18(25)23(27)19(26)10-17/h5,9-11,13,15-16H,6-8,12H2,1-4H3,(H2,28,29,30)/b14-5-/t15-,16+. The van der Waals surface area contributed by atoms with Gasteiger partial charge in [0.1, 0.15) is 11.6 Å². The number of amides is 1. The number of nitrogens with one attached hydrogen (secondary N) is 2. The molecule has 0 aliphatic heterocycles. The summed E-state index contributed by atoms with van der Waals surface area (Å²) in [7, 11) is 1.79. The van der Waals surface area contributed by atoms with E-state index in [-0.39, 0.29) is 17.8 Å². The maximum absolute atomic E-state index is 13.3. The van der Waals surface area contributed by atoms with Crippen LogP contribution in [0.5, 0.6) is 5.75 Å². The molecule has 0 atom stereocenters. The van der Waals surface area contributed by atoms with Gasteiger partial charge in [-0.25, -0.2) is 18.2 Å². The summed E-state index contributed by atoms with van der Waals surface area (Å²) >= 11 is 0. The second kappa shape index (κ2) is 10.6. The smallest absolute Gasteiger partial charge is 0.253 e. The van der Waals surface area contributed by atoms with Gasteiger partial charge in [0.25, 0.3) is 5.91 Å². The molecule has 33 heavy (non-hydrogen) atoms. The lowest BCUT2D eigenvalue weighted by Crippen LogP contribution is -2.37. The zero-order valence-electron chi connectivity index (χ0n) is 19.2. The Morgan fingerprint density at radius 3 is 2.48 bits per heavy atom. The van der Waals surface area contributed by atoms with Crippen LogP contribution in [-0.2, 0) is 4.79 Å². The molecule has 0 saturated heterocycles. The fraction of sp³-hybridized carbons (Fsp3) is 0.417. The lowest BCUT2D eigenvalue weighted by Gasteiger charge is -2.35. The average Bonchev–Trinajstić information content (AvgIpc) is 2.78. The Balaban J connectivity index is 1.56. The first-order valence-corrected chi connectivity index (χ1v) is 10.9. The van der Waals surface area contributed by atoms with E-state index in [1.165, 1.54) is 0 Å². The van der Waals surface area contributed by atoms with Crippen molar-refractivity contribution in [2.75, 3.05) is 35.7 Å². The third-order valence-electron chi connectivity index (χ3n) is 5.80. The van der Waals surface area contributed by atoms with E-state index in [9.17, 15) is 18.0 Å². The monoisotopic (exact) mass is 462 g/mol. The molecule has 9 heteroatoms. The number of benzene rings is 1. The number of rotatable bonds is 9. The van der Waals surface area contributed by atoms with Crippen molar-refractivity contribution in [1.29, 1.82) is 0 Å². The first-order chi connectivity index (χ1) is 15.8. The largest absolute Gasteiger partial charge is 0.490 e. The van der Waals surface area contributed by atoms with Gasteiger partial charge in [-0.1, -0.05) is 6.08 Å². The summed E-state index contributed by atoms with van der Waals surface area (Å²) in [6.45, 7) is 6.69. The van der Waals surface area contributed by atoms with Crippen molar-refractivity contribution in [3.8, 4) is 5.75 Å². The lowest BCUT2D eigenvalue weighted by molar-refractivity contribution is -0.115. The number of halogens is 3. The van der Waals surface area contributed by atoms with Crippen LogP contribution >= 0.6 is 0 Å². The summed E-state index contributed by atoms with van der Waals surface area (Å²) in [6, 6.07) is 3.57. The third kappa shape index (κ3) is 5.58. The second-order valence-electron chi connectivity index (χ2n) is 8.02. The molecule has 1 heterocycles. The highest BCUT2D eigenvalue weighted by atomic mass is 19.2. The SMILES string of the molecule is C/C=C(/C)C(=O)N(CC)c1cnc(NC[C@H]2C[C@@H](Oc3cc(F)c(F)c(F)c3)C2)cc1NC. The minimum Gasteiger partial charge on any atom is -0.490 e. The molecule has 1 amide bonds. The van der Waals surface area contributed by atoms with Crippen molar-refractivity contribution in [2.24, 2.45) is 5.92 Å². The minimum absolute atomic E-state index is 0.0121. The fourth-order valence-electron chi connectivity index (χ4n) is 3.70. The quantitative estimate of drug-likeness (QED) is 0.400. The Kier molecular flexibility index (Phi) is 7.84. The molecule has 1 fully saturated rings. The Hall–Kier alpha value is -3.23. The van der Waals surface area contributed by atoms with Gasteiger partial charge < -0.3 is 20.3 Å². The van der Waals surface area contributed by atoms with Crippen LogP contribution in [0.3, 0.4) is 0 Å². The second-order valence-corrected chi connectivity index (χ2v) is 8.02. The molecule has 1 aliphatic rings. The molecule has 1 saturated carbocycles. The number of carbonyl (C=O) groups excluding carboxylic acids is 1. The van der Waals surface area contributed by atoms with Crippen molar-refractivity contribution in [1.82, 2.24) is 4.98 Å². The number of ether oxygens (including phenoxy) is 1. The maximum atomic E-state index is 13.3. The van der Waals surface area contributed by atoms with E-state index in [0.717, 1.165) is 17.8 Å². The molecule has 2 N–H and O–H groups in total. The summed E-state index contributed by atoms with van der Waals surface area (Å²) in [6.07, 6.45) is 4.68. The van der Waals surface area contributed by atoms with E-state index in [1.54, 1.807) is 31.1 Å². The number of hydrogen-bond acceptors (Lipinski definition) is 5. The topological polar surface area (TPSA) is 66.5 Å². The number of allylic oxidation sites excluding steroid dienone is 1. The first-order valence-electron chi connectivity index (χ1n) is 10.9. The first kappa shape index (κ1) is 24.4. The van der Waals surface area contributed by atoms with Gasteiger partial charge in [0.05, 0.1) is 23.7 Å².